The Hall–Kier alpha value is -1.92. The van der Waals surface area contributed by atoms with Crippen molar-refractivity contribution < 1.29 is 28.5 Å². The maximum absolute atomic E-state index is 12.1. The lowest BCUT2D eigenvalue weighted by atomic mass is 9.98. The highest BCUT2D eigenvalue weighted by Crippen LogP contribution is 2.44. The molecule has 0 spiro atoms. The topological polar surface area (TPSA) is 74.4 Å². The number of hydrogen-bond acceptors (Lipinski definition) is 6. The van der Waals surface area contributed by atoms with Crippen molar-refractivity contribution in [3.05, 3.63) is 29.3 Å². The van der Waals surface area contributed by atoms with E-state index in [-0.39, 0.29) is 24.5 Å². The minimum Gasteiger partial charge on any atom is -0.462 e. The van der Waals surface area contributed by atoms with Gasteiger partial charge >= 0.3 is 11.9 Å². The van der Waals surface area contributed by atoms with E-state index in [9.17, 15) is 9.59 Å². The fourth-order valence-electron chi connectivity index (χ4n) is 2.38. The van der Waals surface area contributed by atoms with Crippen molar-refractivity contribution in [1.82, 2.24) is 0 Å². The molecular weight excluding hydrogens is 336 g/mol. The zero-order chi connectivity index (χ0) is 19.3. The SMILES string of the molecule is CC(=O)OCC1(c2ccc(COCC(C)C)cc2OC(=O)C(C)C)CO1. The number of ether oxygens (including phenoxy) is 4. The van der Waals surface area contributed by atoms with E-state index in [1.807, 2.05) is 12.1 Å². The summed E-state index contributed by atoms with van der Waals surface area (Å²) >= 11 is 0. The van der Waals surface area contributed by atoms with E-state index >= 15 is 0 Å². The zero-order valence-corrected chi connectivity index (χ0v) is 16.2. The number of rotatable bonds is 9. The summed E-state index contributed by atoms with van der Waals surface area (Å²) in [4.78, 5) is 23.3. The van der Waals surface area contributed by atoms with Crippen molar-refractivity contribution in [1.29, 1.82) is 0 Å². The first-order valence-electron chi connectivity index (χ1n) is 8.93. The van der Waals surface area contributed by atoms with Crippen molar-refractivity contribution in [2.24, 2.45) is 11.8 Å². The Bertz CT molecular complexity index is 646. The molecule has 0 radical (unpaired) electrons. The molecule has 1 aliphatic rings. The van der Waals surface area contributed by atoms with Crippen molar-refractivity contribution in [2.75, 3.05) is 19.8 Å². The summed E-state index contributed by atoms with van der Waals surface area (Å²) in [6, 6.07) is 5.57. The van der Waals surface area contributed by atoms with Gasteiger partial charge in [0.2, 0.25) is 0 Å². The summed E-state index contributed by atoms with van der Waals surface area (Å²) in [5.74, 6) is -0.0827. The molecule has 0 aliphatic carbocycles. The third kappa shape index (κ3) is 5.54. The number of hydrogen-bond donors (Lipinski definition) is 0. The van der Waals surface area contributed by atoms with E-state index in [0.29, 0.717) is 37.1 Å². The molecule has 2 rings (SSSR count). The Morgan fingerprint density at radius 2 is 1.92 bits per heavy atom. The molecule has 1 saturated heterocycles. The summed E-state index contributed by atoms with van der Waals surface area (Å²) < 4.78 is 22.0. The quantitative estimate of drug-likeness (QED) is 0.380. The van der Waals surface area contributed by atoms with Crippen LogP contribution in [0.5, 0.6) is 5.75 Å². The van der Waals surface area contributed by atoms with E-state index in [4.69, 9.17) is 18.9 Å². The Morgan fingerprint density at radius 3 is 2.46 bits per heavy atom. The van der Waals surface area contributed by atoms with Gasteiger partial charge in [-0.2, -0.15) is 0 Å². The molecule has 0 aromatic heterocycles. The molecule has 1 atom stereocenters. The van der Waals surface area contributed by atoms with Gasteiger partial charge in [-0.3, -0.25) is 9.59 Å². The fraction of sp³-hybridized carbons (Fsp3) is 0.600. The van der Waals surface area contributed by atoms with Crippen LogP contribution in [0.25, 0.3) is 0 Å². The van der Waals surface area contributed by atoms with Crippen molar-refractivity contribution >= 4 is 11.9 Å². The number of esters is 2. The Morgan fingerprint density at radius 1 is 1.23 bits per heavy atom. The largest absolute Gasteiger partial charge is 0.462 e. The van der Waals surface area contributed by atoms with Crippen molar-refractivity contribution in [3.63, 3.8) is 0 Å². The van der Waals surface area contributed by atoms with E-state index in [1.54, 1.807) is 19.9 Å². The molecule has 1 aliphatic heterocycles. The molecule has 0 N–H and O–H groups in total. The van der Waals surface area contributed by atoms with Crippen LogP contribution in [0.2, 0.25) is 0 Å². The standard InChI is InChI=1S/C20H28O6/c1-13(2)9-23-10-16-6-7-17(18(8-16)26-19(22)14(3)4)20(12-25-20)11-24-15(5)21/h6-8,13-14H,9-12H2,1-5H3. The summed E-state index contributed by atoms with van der Waals surface area (Å²) in [7, 11) is 0. The first kappa shape index (κ1) is 20.4. The molecule has 0 bridgehead atoms. The average molecular weight is 364 g/mol. The van der Waals surface area contributed by atoms with Crippen LogP contribution in [0.15, 0.2) is 18.2 Å². The van der Waals surface area contributed by atoms with Gasteiger partial charge in [-0.25, -0.2) is 0 Å². The highest BCUT2D eigenvalue weighted by molar-refractivity contribution is 5.75. The second-order valence-electron chi connectivity index (χ2n) is 7.38. The van der Waals surface area contributed by atoms with Crippen molar-refractivity contribution in [2.45, 2.75) is 46.8 Å². The smallest absolute Gasteiger partial charge is 0.313 e. The maximum Gasteiger partial charge on any atom is 0.313 e. The summed E-state index contributed by atoms with van der Waals surface area (Å²) in [6.07, 6.45) is 0. The van der Waals surface area contributed by atoms with Gasteiger partial charge in [0.15, 0.2) is 5.60 Å². The van der Waals surface area contributed by atoms with Gasteiger partial charge in [0.1, 0.15) is 12.4 Å². The first-order valence-corrected chi connectivity index (χ1v) is 8.93. The molecule has 6 heteroatoms. The summed E-state index contributed by atoms with van der Waals surface area (Å²) in [6.45, 7) is 10.7. The highest BCUT2D eigenvalue weighted by Gasteiger charge is 2.50. The van der Waals surface area contributed by atoms with E-state index in [0.717, 1.165) is 5.56 Å². The second kappa shape index (κ2) is 8.64. The van der Waals surface area contributed by atoms with Gasteiger partial charge in [-0.1, -0.05) is 39.8 Å². The van der Waals surface area contributed by atoms with Gasteiger partial charge in [0.25, 0.3) is 0 Å². The minimum atomic E-state index is -0.740. The fourth-order valence-corrected chi connectivity index (χ4v) is 2.38. The van der Waals surface area contributed by atoms with Gasteiger partial charge < -0.3 is 18.9 Å². The third-order valence-corrected chi connectivity index (χ3v) is 3.94. The molecule has 1 heterocycles. The monoisotopic (exact) mass is 364 g/mol. The van der Waals surface area contributed by atoms with Crippen LogP contribution in [-0.4, -0.2) is 31.8 Å². The number of carbonyl (C=O) groups excluding carboxylic acids is 2. The van der Waals surface area contributed by atoms with E-state index in [1.165, 1.54) is 6.92 Å². The van der Waals surface area contributed by atoms with Crippen LogP contribution in [0, 0.1) is 11.8 Å². The molecule has 0 saturated carbocycles. The Labute approximate surface area is 154 Å². The first-order chi connectivity index (χ1) is 12.2. The lowest BCUT2D eigenvalue weighted by Crippen LogP contribution is -2.22. The molecular formula is C20H28O6. The van der Waals surface area contributed by atoms with Crippen LogP contribution in [0.4, 0.5) is 0 Å². The van der Waals surface area contributed by atoms with Gasteiger partial charge in [0, 0.05) is 19.1 Å². The zero-order valence-electron chi connectivity index (χ0n) is 16.2. The molecule has 6 nitrogen and oxygen atoms in total. The second-order valence-corrected chi connectivity index (χ2v) is 7.38. The molecule has 0 amide bonds. The van der Waals surface area contributed by atoms with E-state index in [2.05, 4.69) is 13.8 Å². The normalized spacial score (nSPS) is 18.9. The summed E-state index contributed by atoms with van der Waals surface area (Å²) in [5, 5.41) is 0. The maximum atomic E-state index is 12.1. The van der Waals surface area contributed by atoms with Crippen LogP contribution in [-0.2, 0) is 36.0 Å². The average Bonchev–Trinajstić information content (AvgIpc) is 3.33. The van der Waals surface area contributed by atoms with Gasteiger partial charge in [-0.15, -0.1) is 0 Å². The van der Waals surface area contributed by atoms with Crippen LogP contribution in [0.3, 0.4) is 0 Å². The highest BCUT2D eigenvalue weighted by atomic mass is 16.6. The number of carbonyl (C=O) groups is 2. The lowest BCUT2D eigenvalue weighted by molar-refractivity contribution is -0.143. The van der Waals surface area contributed by atoms with Crippen molar-refractivity contribution in [3.8, 4) is 5.75 Å². The summed E-state index contributed by atoms with van der Waals surface area (Å²) in [5.41, 5.74) is 0.875. The number of epoxide rings is 1. The van der Waals surface area contributed by atoms with Crippen LogP contribution < -0.4 is 4.74 Å². The molecule has 1 unspecified atom stereocenters. The predicted molar refractivity (Wildman–Crippen MR) is 95.7 cm³/mol. The number of benzene rings is 1. The Balaban J connectivity index is 2.22. The van der Waals surface area contributed by atoms with Crippen LogP contribution >= 0.6 is 0 Å². The molecule has 1 aromatic rings. The molecule has 144 valence electrons. The van der Waals surface area contributed by atoms with E-state index < -0.39 is 5.60 Å². The predicted octanol–water partition coefficient (Wildman–Crippen LogP) is 3.21. The molecule has 26 heavy (non-hydrogen) atoms. The Kier molecular flexibility index (Phi) is 6.78. The lowest BCUT2D eigenvalue weighted by Gasteiger charge is -2.18. The minimum absolute atomic E-state index is 0.0950. The third-order valence-electron chi connectivity index (χ3n) is 3.94. The van der Waals surface area contributed by atoms with Gasteiger partial charge in [-0.05, 0) is 17.5 Å². The van der Waals surface area contributed by atoms with Crippen LogP contribution in [0.1, 0.15) is 45.7 Å². The molecule has 1 fully saturated rings. The molecule has 1 aromatic carbocycles. The van der Waals surface area contributed by atoms with Gasteiger partial charge in [0.05, 0.1) is 19.1 Å².